The van der Waals surface area contributed by atoms with E-state index in [0.29, 0.717) is 18.1 Å². The first-order valence-corrected chi connectivity index (χ1v) is 9.60. The van der Waals surface area contributed by atoms with Crippen LogP contribution in [0.25, 0.3) is 22.0 Å². The van der Waals surface area contributed by atoms with E-state index in [1.807, 2.05) is 54.9 Å². The van der Waals surface area contributed by atoms with Crippen molar-refractivity contribution in [1.29, 1.82) is 5.26 Å². The van der Waals surface area contributed by atoms with Crippen molar-refractivity contribution in [3.8, 4) is 23.1 Å². The van der Waals surface area contributed by atoms with E-state index >= 15 is 0 Å². The van der Waals surface area contributed by atoms with E-state index in [0.717, 1.165) is 39.1 Å². The highest BCUT2D eigenvalue weighted by Crippen LogP contribution is 2.44. The van der Waals surface area contributed by atoms with Crippen molar-refractivity contribution in [2.24, 2.45) is 0 Å². The molecule has 4 aromatic rings. The van der Waals surface area contributed by atoms with Crippen LogP contribution >= 0.6 is 0 Å². The third kappa shape index (κ3) is 2.88. The van der Waals surface area contributed by atoms with Gasteiger partial charge in [0, 0.05) is 18.5 Å². The second kappa shape index (κ2) is 7.05. The number of aromatic nitrogens is 2. The van der Waals surface area contributed by atoms with Crippen LogP contribution in [0.4, 0.5) is 17.1 Å². The van der Waals surface area contributed by atoms with Crippen molar-refractivity contribution in [3.05, 3.63) is 72.6 Å². The third-order valence-electron chi connectivity index (χ3n) is 5.44. The zero-order valence-electron chi connectivity index (χ0n) is 16.7. The molecule has 6 heteroatoms. The lowest BCUT2D eigenvalue weighted by atomic mass is 10.0. The molecule has 0 saturated heterocycles. The van der Waals surface area contributed by atoms with Crippen LogP contribution in [0.1, 0.15) is 5.56 Å². The summed E-state index contributed by atoms with van der Waals surface area (Å²) in [7, 11) is 3.68. The van der Waals surface area contributed by atoms with Gasteiger partial charge in [-0.3, -0.25) is 4.98 Å². The van der Waals surface area contributed by atoms with Crippen molar-refractivity contribution in [2.45, 2.75) is 0 Å². The van der Waals surface area contributed by atoms with Crippen LogP contribution in [-0.2, 0) is 0 Å². The minimum Gasteiger partial charge on any atom is -0.481 e. The molecule has 0 unspecified atom stereocenters. The number of methoxy groups -OCH3 is 1. The fourth-order valence-corrected chi connectivity index (χ4v) is 3.87. The van der Waals surface area contributed by atoms with Gasteiger partial charge < -0.3 is 14.5 Å². The maximum absolute atomic E-state index is 9.06. The molecule has 1 aliphatic heterocycles. The van der Waals surface area contributed by atoms with Gasteiger partial charge in [0.15, 0.2) is 0 Å². The molecule has 0 bridgehead atoms. The number of nitriles is 1. The maximum Gasteiger partial charge on any atom is 0.213 e. The lowest BCUT2D eigenvalue weighted by molar-refractivity contribution is 0.398. The highest BCUT2D eigenvalue weighted by Gasteiger charge is 2.27. The third-order valence-corrected chi connectivity index (χ3v) is 5.44. The molecular weight excluding hydrogens is 374 g/mol. The van der Waals surface area contributed by atoms with Crippen molar-refractivity contribution in [3.63, 3.8) is 0 Å². The van der Waals surface area contributed by atoms with E-state index in [4.69, 9.17) is 10.00 Å². The van der Waals surface area contributed by atoms with Crippen LogP contribution in [0.5, 0.6) is 5.88 Å². The zero-order chi connectivity index (χ0) is 20.7. The molecule has 0 amide bonds. The Labute approximate surface area is 174 Å². The molecule has 0 N–H and O–H groups in total. The van der Waals surface area contributed by atoms with Crippen molar-refractivity contribution < 1.29 is 4.74 Å². The summed E-state index contributed by atoms with van der Waals surface area (Å²) in [5, 5.41) is 10.1. The topological polar surface area (TPSA) is 65.3 Å². The number of hydrogen-bond donors (Lipinski definition) is 0. The minimum atomic E-state index is 0.592. The van der Waals surface area contributed by atoms with Gasteiger partial charge in [-0.15, -0.1) is 0 Å². The minimum absolute atomic E-state index is 0.592. The summed E-state index contributed by atoms with van der Waals surface area (Å²) >= 11 is 0. The van der Waals surface area contributed by atoms with Gasteiger partial charge in [0.25, 0.3) is 0 Å². The van der Waals surface area contributed by atoms with Gasteiger partial charge in [-0.1, -0.05) is 18.2 Å². The maximum atomic E-state index is 9.06. The summed E-state index contributed by atoms with van der Waals surface area (Å²) in [6.07, 6.45) is 3.76. The summed E-state index contributed by atoms with van der Waals surface area (Å²) in [6, 6.07) is 20.0. The largest absolute Gasteiger partial charge is 0.481 e. The molecule has 146 valence electrons. The molecule has 0 fully saturated rings. The van der Waals surface area contributed by atoms with Crippen LogP contribution in [0.2, 0.25) is 0 Å². The second-order valence-electron chi connectivity index (χ2n) is 7.24. The summed E-state index contributed by atoms with van der Waals surface area (Å²) in [5.41, 5.74) is 6.94. The SMILES string of the molecule is COc1ccc(N2CN(C)c3cnc4ccc(-c5ccc(C#N)cc5)cc4c32)cn1. The van der Waals surface area contributed by atoms with Gasteiger partial charge in [0.2, 0.25) is 5.88 Å². The summed E-state index contributed by atoms with van der Waals surface area (Å²) in [6.45, 7) is 0.714. The Kier molecular flexibility index (Phi) is 4.22. The highest BCUT2D eigenvalue weighted by atomic mass is 16.5. The number of nitrogens with zero attached hydrogens (tertiary/aromatic N) is 5. The van der Waals surface area contributed by atoms with Gasteiger partial charge >= 0.3 is 0 Å². The molecule has 0 spiro atoms. The average Bonchev–Trinajstić information content (AvgIpc) is 3.15. The second-order valence-corrected chi connectivity index (χ2v) is 7.24. The normalized spacial score (nSPS) is 12.7. The van der Waals surface area contributed by atoms with Crippen LogP contribution in [0, 0.1) is 11.3 Å². The smallest absolute Gasteiger partial charge is 0.213 e. The number of ether oxygens (including phenoxy) is 1. The predicted molar refractivity (Wildman–Crippen MR) is 118 cm³/mol. The summed E-state index contributed by atoms with van der Waals surface area (Å²) in [4.78, 5) is 13.5. The Morgan fingerprint density at radius 3 is 2.47 bits per heavy atom. The first-order chi connectivity index (χ1) is 14.7. The lowest BCUT2D eigenvalue weighted by Crippen LogP contribution is -2.24. The predicted octanol–water partition coefficient (Wildman–Crippen LogP) is 4.72. The van der Waals surface area contributed by atoms with Crippen LogP contribution in [0.15, 0.2) is 67.0 Å². The van der Waals surface area contributed by atoms with Crippen LogP contribution in [0.3, 0.4) is 0 Å². The van der Waals surface area contributed by atoms with Crippen LogP contribution < -0.4 is 14.5 Å². The van der Waals surface area contributed by atoms with Gasteiger partial charge in [-0.25, -0.2) is 4.98 Å². The molecule has 0 aliphatic carbocycles. The average molecular weight is 393 g/mol. The molecule has 2 aromatic carbocycles. The van der Waals surface area contributed by atoms with Gasteiger partial charge in [-0.05, 0) is 41.5 Å². The van der Waals surface area contributed by atoms with E-state index in [1.165, 1.54) is 0 Å². The Morgan fingerprint density at radius 1 is 0.967 bits per heavy atom. The first kappa shape index (κ1) is 18.0. The fraction of sp³-hybridized carbons (Fsp3) is 0.125. The van der Waals surface area contributed by atoms with Gasteiger partial charge in [0.1, 0.15) is 0 Å². The van der Waals surface area contributed by atoms with Crippen molar-refractivity contribution >= 4 is 28.0 Å². The molecule has 5 rings (SSSR count). The fourth-order valence-electron chi connectivity index (χ4n) is 3.87. The van der Waals surface area contributed by atoms with E-state index in [-0.39, 0.29) is 0 Å². The number of benzene rings is 2. The number of pyridine rings is 2. The number of fused-ring (bicyclic) bond motifs is 3. The zero-order valence-corrected chi connectivity index (χ0v) is 16.7. The Hall–Kier alpha value is -4.11. The number of rotatable bonds is 3. The standard InChI is InChI=1S/C24H19N5O/c1-28-15-29(19-8-10-23(30-2)27-13-19)24-20-11-18(7-9-21(20)26-14-22(24)28)17-5-3-16(12-25)4-6-17/h3-11,13-14H,15H2,1-2H3. The molecule has 0 radical (unpaired) electrons. The molecule has 1 aliphatic rings. The van der Waals surface area contributed by atoms with Gasteiger partial charge in [0.05, 0.1) is 60.4 Å². The number of hydrogen-bond acceptors (Lipinski definition) is 6. The van der Waals surface area contributed by atoms with Crippen LogP contribution in [-0.4, -0.2) is 30.8 Å². The number of anilines is 3. The monoisotopic (exact) mass is 393 g/mol. The first-order valence-electron chi connectivity index (χ1n) is 9.60. The molecular formula is C24H19N5O. The van der Waals surface area contributed by atoms with E-state index in [2.05, 4.69) is 45.0 Å². The Balaban J connectivity index is 1.66. The Morgan fingerprint density at radius 2 is 1.77 bits per heavy atom. The van der Waals surface area contributed by atoms with Crippen molar-refractivity contribution in [2.75, 3.05) is 30.6 Å². The lowest BCUT2D eigenvalue weighted by Gasteiger charge is -2.20. The molecule has 0 saturated carbocycles. The highest BCUT2D eigenvalue weighted by molar-refractivity contribution is 6.04. The van der Waals surface area contributed by atoms with E-state index < -0.39 is 0 Å². The van der Waals surface area contributed by atoms with E-state index in [9.17, 15) is 0 Å². The molecule has 2 aromatic heterocycles. The van der Waals surface area contributed by atoms with Crippen molar-refractivity contribution in [1.82, 2.24) is 9.97 Å². The van der Waals surface area contributed by atoms with Gasteiger partial charge in [-0.2, -0.15) is 5.26 Å². The quantitative estimate of drug-likeness (QED) is 0.502. The Bertz CT molecular complexity index is 1280. The molecule has 6 nitrogen and oxygen atoms in total. The summed E-state index contributed by atoms with van der Waals surface area (Å²) < 4.78 is 5.20. The molecule has 0 atom stereocenters. The molecule has 3 heterocycles. The van der Waals surface area contributed by atoms with E-state index in [1.54, 1.807) is 7.11 Å². The summed E-state index contributed by atoms with van der Waals surface area (Å²) in [5.74, 6) is 0.592. The molecule has 30 heavy (non-hydrogen) atoms.